The van der Waals surface area contributed by atoms with Crippen LogP contribution in [0.25, 0.3) is 0 Å². The lowest BCUT2D eigenvalue weighted by Gasteiger charge is -2.31. The van der Waals surface area contributed by atoms with E-state index < -0.39 is 23.9 Å². The minimum Gasteiger partial charge on any atom is -0.212 e. The number of halogens is 9. The van der Waals surface area contributed by atoms with Crippen LogP contribution in [0.2, 0.25) is 0 Å². The van der Waals surface area contributed by atoms with Crippen LogP contribution in [-0.4, -0.2) is 23.9 Å². The Morgan fingerprint density at radius 2 is 1.00 bits per heavy atom. The summed E-state index contributed by atoms with van der Waals surface area (Å²) in [6, 6.07) is 0. The van der Waals surface area contributed by atoms with Gasteiger partial charge in [0.1, 0.15) is 0 Å². The topological polar surface area (TPSA) is 0 Å². The largest absolute Gasteiger partial charge is 0.458 e. The monoisotopic (exact) mass is 244 g/mol. The molecule has 0 nitrogen and oxygen atoms in total. The molecule has 88 valence electrons. The van der Waals surface area contributed by atoms with E-state index in [1.54, 1.807) is 0 Å². The lowest BCUT2D eigenvalue weighted by atomic mass is 9.97. The van der Waals surface area contributed by atoms with Gasteiger partial charge in [0.05, 0.1) is 0 Å². The van der Waals surface area contributed by atoms with Gasteiger partial charge in [0.25, 0.3) is 0 Å². The van der Waals surface area contributed by atoms with Crippen LogP contribution in [0, 0.1) is 12.3 Å². The Morgan fingerprint density at radius 3 is 1.07 bits per heavy atom. The fourth-order valence-corrected chi connectivity index (χ4v) is 0.546. The summed E-state index contributed by atoms with van der Waals surface area (Å²) in [7, 11) is 0. The van der Waals surface area contributed by atoms with Gasteiger partial charge in [-0.1, -0.05) is 0 Å². The van der Waals surface area contributed by atoms with E-state index >= 15 is 0 Å². The van der Waals surface area contributed by atoms with Crippen molar-refractivity contribution >= 4 is 0 Å². The minimum absolute atomic E-state index is 0.196. The Labute approximate surface area is 77.1 Å². The first-order chi connectivity index (χ1) is 6.31. The van der Waals surface area contributed by atoms with E-state index in [1.807, 2.05) is 0 Å². The number of hydrogen-bond donors (Lipinski definition) is 0. The van der Waals surface area contributed by atoms with Gasteiger partial charge in [-0.2, -0.15) is 35.1 Å². The Kier molecular flexibility index (Phi) is 2.98. The number of alkyl halides is 9. The fourth-order valence-electron chi connectivity index (χ4n) is 0.546. The fraction of sp³-hybridized carbons (Fsp3) is 0.667. The maximum Gasteiger partial charge on any atom is 0.458 e. The van der Waals surface area contributed by atoms with Crippen LogP contribution in [0.15, 0.2) is 0 Å². The highest BCUT2D eigenvalue weighted by molar-refractivity contribution is 5.21. The van der Waals surface area contributed by atoms with E-state index in [4.69, 9.17) is 0 Å². The molecule has 0 saturated carbocycles. The summed E-state index contributed by atoms with van der Waals surface area (Å²) < 4.78 is 106. The Balaban J connectivity index is 5.64. The molecule has 0 fully saturated rings. The first-order valence-electron chi connectivity index (χ1n) is 2.99. The van der Waals surface area contributed by atoms with E-state index in [0.717, 1.165) is 0 Å². The van der Waals surface area contributed by atoms with E-state index in [2.05, 4.69) is 6.42 Å². The van der Waals surface area contributed by atoms with Crippen molar-refractivity contribution in [3.8, 4) is 12.3 Å². The molecule has 0 amide bonds. The van der Waals surface area contributed by atoms with Gasteiger partial charge in [-0.15, -0.1) is 6.42 Å². The molecule has 0 spiro atoms. The van der Waals surface area contributed by atoms with Gasteiger partial charge in [0.15, 0.2) is 0 Å². The molecule has 0 aliphatic rings. The number of rotatable bonds is 1. The summed E-state index contributed by atoms with van der Waals surface area (Å²) >= 11 is 0. The summed E-state index contributed by atoms with van der Waals surface area (Å²) in [6.07, 6.45) is -9.51. The zero-order valence-electron chi connectivity index (χ0n) is 6.48. The quantitative estimate of drug-likeness (QED) is 0.491. The van der Waals surface area contributed by atoms with Gasteiger partial charge < -0.3 is 0 Å². The molecule has 0 aromatic heterocycles. The molecule has 1 atom stereocenters. The molecule has 0 N–H and O–H groups in total. The van der Waals surface area contributed by atoms with E-state index in [1.165, 1.54) is 0 Å². The zero-order valence-corrected chi connectivity index (χ0v) is 6.48. The summed E-state index contributed by atoms with van der Waals surface area (Å²) in [6.45, 7) is 0. The summed E-state index contributed by atoms with van der Waals surface area (Å²) in [5, 5.41) is 0. The highest BCUT2D eigenvalue weighted by Crippen LogP contribution is 2.52. The van der Waals surface area contributed by atoms with Crippen LogP contribution in [0.3, 0.4) is 0 Å². The SMILES string of the molecule is C#C[C@@](F)(C(F)(F)F)C(F)(F)C(F)(F)F. The standard InChI is InChI=1S/C6HF9/c1-2-3(7,5(10,11)12)4(8,9)6(13,14)15/h1H/t3-/m0/s1. The van der Waals surface area contributed by atoms with Crippen molar-refractivity contribution in [3.63, 3.8) is 0 Å². The van der Waals surface area contributed by atoms with Crippen molar-refractivity contribution in [2.24, 2.45) is 0 Å². The molecule has 0 saturated heterocycles. The van der Waals surface area contributed by atoms with Gasteiger partial charge in [-0.3, -0.25) is 0 Å². The third kappa shape index (κ3) is 1.85. The van der Waals surface area contributed by atoms with Crippen molar-refractivity contribution in [2.45, 2.75) is 23.9 Å². The van der Waals surface area contributed by atoms with E-state index in [0.29, 0.717) is 0 Å². The van der Waals surface area contributed by atoms with Crippen molar-refractivity contribution in [1.82, 2.24) is 0 Å². The summed E-state index contributed by atoms with van der Waals surface area (Å²) in [5.74, 6) is -6.90. The van der Waals surface area contributed by atoms with Gasteiger partial charge in [0.2, 0.25) is 0 Å². The first-order valence-corrected chi connectivity index (χ1v) is 2.99. The van der Waals surface area contributed by atoms with Gasteiger partial charge in [-0.25, -0.2) is 4.39 Å². The van der Waals surface area contributed by atoms with Crippen LogP contribution in [0.4, 0.5) is 39.5 Å². The second-order valence-electron chi connectivity index (χ2n) is 2.37. The third-order valence-corrected chi connectivity index (χ3v) is 1.38. The molecule has 0 rings (SSSR count). The van der Waals surface area contributed by atoms with Crippen LogP contribution in [-0.2, 0) is 0 Å². The van der Waals surface area contributed by atoms with Crippen molar-refractivity contribution in [1.29, 1.82) is 0 Å². The zero-order chi connectivity index (χ0) is 12.7. The molecule has 0 radical (unpaired) electrons. The molecule has 0 heterocycles. The average molecular weight is 244 g/mol. The second-order valence-corrected chi connectivity index (χ2v) is 2.37. The maximum atomic E-state index is 12.5. The van der Waals surface area contributed by atoms with Crippen molar-refractivity contribution in [3.05, 3.63) is 0 Å². The van der Waals surface area contributed by atoms with Crippen molar-refractivity contribution in [2.75, 3.05) is 0 Å². The third-order valence-electron chi connectivity index (χ3n) is 1.38. The Morgan fingerprint density at radius 1 is 0.667 bits per heavy atom. The Hall–Kier alpha value is -1.07. The molecule has 9 heteroatoms. The molecule has 0 aromatic carbocycles. The minimum atomic E-state index is -6.73. The normalized spacial score (nSPS) is 18.1. The highest BCUT2D eigenvalue weighted by Gasteiger charge is 2.80. The van der Waals surface area contributed by atoms with Gasteiger partial charge >= 0.3 is 23.9 Å². The van der Waals surface area contributed by atoms with Gasteiger partial charge in [0, 0.05) is 0 Å². The smallest absolute Gasteiger partial charge is 0.212 e. The maximum absolute atomic E-state index is 12.5. The van der Waals surface area contributed by atoms with Gasteiger partial charge in [-0.05, 0) is 5.92 Å². The van der Waals surface area contributed by atoms with E-state index in [9.17, 15) is 39.5 Å². The molecular formula is C6HF9. The number of terminal acetylenes is 1. The number of hydrogen-bond acceptors (Lipinski definition) is 0. The molecule has 15 heavy (non-hydrogen) atoms. The molecule has 0 aromatic rings. The van der Waals surface area contributed by atoms with Crippen molar-refractivity contribution < 1.29 is 39.5 Å². The molecular weight excluding hydrogens is 243 g/mol. The molecule has 0 aliphatic carbocycles. The van der Waals surface area contributed by atoms with Crippen LogP contribution < -0.4 is 0 Å². The molecule has 0 bridgehead atoms. The second kappa shape index (κ2) is 3.21. The summed E-state index contributed by atoms with van der Waals surface area (Å²) in [5.41, 5.74) is -6.07. The Bertz CT molecular complexity index is 276. The first kappa shape index (κ1) is 13.9. The van der Waals surface area contributed by atoms with E-state index in [-0.39, 0.29) is 5.92 Å². The molecule has 0 unspecified atom stereocenters. The summed E-state index contributed by atoms with van der Waals surface area (Å²) in [4.78, 5) is 0. The van der Waals surface area contributed by atoms with Crippen LogP contribution >= 0.6 is 0 Å². The highest BCUT2D eigenvalue weighted by atomic mass is 19.4. The van der Waals surface area contributed by atoms with Crippen LogP contribution in [0.1, 0.15) is 0 Å². The molecule has 0 aliphatic heterocycles. The predicted octanol–water partition coefficient (Wildman–Crippen LogP) is 3.09. The van der Waals surface area contributed by atoms with Crippen LogP contribution in [0.5, 0.6) is 0 Å². The lowest BCUT2D eigenvalue weighted by molar-refractivity contribution is -0.366. The predicted molar refractivity (Wildman–Crippen MR) is 29.7 cm³/mol. The average Bonchev–Trinajstić information content (AvgIpc) is 1.98. The lowest BCUT2D eigenvalue weighted by Crippen LogP contribution is -2.61.